The molecule has 140 valence electrons. The first-order chi connectivity index (χ1) is 13.0. The smallest absolute Gasteiger partial charge is 0.276 e. The summed E-state index contributed by atoms with van der Waals surface area (Å²) in [5, 5.41) is 6.32. The van der Waals surface area contributed by atoms with Gasteiger partial charge in [0.05, 0.1) is 12.2 Å². The third-order valence-electron chi connectivity index (χ3n) is 5.32. The second-order valence-corrected chi connectivity index (χ2v) is 7.24. The monoisotopic (exact) mass is 365 g/mol. The summed E-state index contributed by atoms with van der Waals surface area (Å²) in [6.07, 6.45) is 0. The predicted octanol–water partition coefficient (Wildman–Crippen LogP) is 3.13. The summed E-state index contributed by atoms with van der Waals surface area (Å²) < 4.78 is 5.22. The van der Waals surface area contributed by atoms with Gasteiger partial charge in [0.2, 0.25) is 5.66 Å². The Morgan fingerprint density at radius 1 is 1.11 bits per heavy atom. The molecule has 1 spiro atoms. The molecule has 0 saturated heterocycles. The minimum atomic E-state index is -1.27. The van der Waals surface area contributed by atoms with Gasteiger partial charge in [0.1, 0.15) is 0 Å². The molecule has 0 fully saturated rings. The van der Waals surface area contributed by atoms with Crippen molar-refractivity contribution in [3.8, 4) is 0 Å². The van der Waals surface area contributed by atoms with Gasteiger partial charge in [0.25, 0.3) is 11.8 Å². The van der Waals surface area contributed by atoms with Crippen LogP contribution in [0.15, 0.2) is 42.5 Å². The molecule has 0 aromatic heterocycles. The van der Waals surface area contributed by atoms with Gasteiger partial charge in [0, 0.05) is 30.6 Å². The van der Waals surface area contributed by atoms with Crippen molar-refractivity contribution < 1.29 is 14.3 Å². The highest BCUT2D eigenvalue weighted by atomic mass is 16.5. The van der Waals surface area contributed by atoms with Gasteiger partial charge in [-0.25, -0.2) is 0 Å². The number of fused-ring (bicyclic) bond motifs is 3. The van der Waals surface area contributed by atoms with Crippen LogP contribution in [-0.4, -0.2) is 37.0 Å². The zero-order valence-electron chi connectivity index (χ0n) is 15.7. The van der Waals surface area contributed by atoms with E-state index in [2.05, 4.69) is 24.5 Å². The van der Waals surface area contributed by atoms with Crippen LogP contribution in [0.4, 0.5) is 11.4 Å². The van der Waals surface area contributed by atoms with Crippen molar-refractivity contribution >= 4 is 23.2 Å². The van der Waals surface area contributed by atoms with Crippen LogP contribution >= 0.6 is 0 Å². The lowest BCUT2D eigenvalue weighted by Crippen LogP contribution is -2.62. The summed E-state index contributed by atoms with van der Waals surface area (Å²) in [5.74, 6) is -0.126. The molecule has 2 aromatic rings. The maximum atomic E-state index is 13.3. The van der Waals surface area contributed by atoms with Gasteiger partial charge in [0.15, 0.2) is 0 Å². The Hall–Kier alpha value is -2.86. The van der Waals surface area contributed by atoms with Crippen molar-refractivity contribution in [1.29, 1.82) is 0 Å². The first-order valence-electron chi connectivity index (χ1n) is 9.13. The minimum absolute atomic E-state index is 0.181. The molecule has 2 aromatic carbocycles. The first-order valence-corrected chi connectivity index (χ1v) is 9.13. The maximum Gasteiger partial charge on any atom is 0.276 e. The van der Waals surface area contributed by atoms with Gasteiger partial charge in [-0.15, -0.1) is 0 Å². The van der Waals surface area contributed by atoms with E-state index in [4.69, 9.17) is 4.74 Å². The second-order valence-electron chi connectivity index (χ2n) is 7.24. The van der Waals surface area contributed by atoms with E-state index in [-0.39, 0.29) is 11.8 Å². The number of nitrogens with zero attached hydrogens (tertiary/aromatic N) is 1. The number of ether oxygens (including phenoxy) is 1. The fraction of sp³-hybridized carbons (Fsp3) is 0.333. The summed E-state index contributed by atoms with van der Waals surface area (Å²) in [4.78, 5) is 28.1. The molecule has 2 heterocycles. The van der Waals surface area contributed by atoms with E-state index in [1.165, 1.54) is 0 Å². The molecule has 0 unspecified atom stereocenters. The van der Waals surface area contributed by atoms with Crippen molar-refractivity contribution in [2.24, 2.45) is 0 Å². The quantitative estimate of drug-likeness (QED) is 0.873. The van der Waals surface area contributed by atoms with Crippen LogP contribution < -0.4 is 10.6 Å². The number of amides is 2. The molecule has 6 nitrogen and oxygen atoms in total. The summed E-state index contributed by atoms with van der Waals surface area (Å²) in [5.41, 5.74) is 2.56. The molecule has 2 N–H and O–H groups in total. The number of hydrogen-bond donors (Lipinski definition) is 2. The number of benzene rings is 2. The molecule has 1 atom stereocenters. The molecular weight excluding hydrogens is 342 g/mol. The van der Waals surface area contributed by atoms with E-state index in [1.807, 2.05) is 36.4 Å². The number of nitrogens with one attached hydrogen (secondary N) is 2. The molecule has 27 heavy (non-hydrogen) atoms. The lowest BCUT2D eigenvalue weighted by Gasteiger charge is -2.44. The van der Waals surface area contributed by atoms with Crippen LogP contribution in [0.1, 0.15) is 41.3 Å². The SMILES string of the molecule is COCCN1C(=O)c2ccccc2N[C@]12C(=O)Nc1ccc(C(C)C)cc12. The summed E-state index contributed by atoms with van der Waals surface area (Å²) in [6.45, 7) is 4.85. The number of rotatable bonds is 4. The molecule has 2 aliphatic rings. The van der Waals surface area contributed by atoms with E-state index < -0.39 is 5.66 Å². The Kier molecular flexibility index (Phi) is 4.15. The number of para-hydroxylation sites is 1. The van der Waals surface area contributed by atoms with Crippen LogP contribution in [0.25, 0.3) is 0 Å². The Morgan fingerprint density at radius 2 is 1.89 bits per heavy atom. The number of anilines is 2. The standard InChI is InChI=1S/C21H23N3O3/c1-13(2)14-8-9-18-16(12-14)21(20(26)22-18)23-17-7-5-4-6-15(17)19(25)24(21)10-11-27-3/h4-9,12-13,23H,10-11H2,1-3H3,(H,22,26)/t21-/m0/s1. The highest BCUT2D eigenvalue weighted by Crippen LogP contribution is 2.45. The third-order valence-corrected chi connectivity index (χ3v) is 5.32. The number of hydrogen-bond acceptors (Lipinski definition) is 4. The van der Waals surface area contributed by atoms with Gasteiger partial charge in [-0.3, -0.25) is 9.59 Å². The zero-order chi connectivity index (χ0) is 19.2. The molecule has 4 rings (SSSR count). The van der Waals surface area contributed by atoms with Crippen LogP contribution in [0.2, 0.25) is 0 Å². The first kappa shape index (κ1) is 17.5. The third kappa shape index (κ3) is 2.51. The second kappa shape index (κ2) is 6.39. The van der Waals surface area contributed by atoms with Gasteiger partial charge >= 0.3 is 0 Å². The van der Waals surface area contributed by atoms with Crippen molar-refractivity contribution in [3.63, 3.8) is 0 Å². The summed E-state index contributed by atoms with van der Waals surface area (Å²) >= 11 is 0. The van der Waals surface area contributed by atoms with E-state index in [0.29, 0.717) is 30.3 Å². The van der Waals surface area contributed by atoms with E-state index >= 15 is 0 Å². The number of carbonyl (C=O) groups excluding carboxylic acids is 2. The Bertz CT molecular complexity index is 925. The largest absolute Gasteiger partial charge is 0.383 e. The van der Waals surface area contributed by atoms with Crippen molar-refractivity contribution in [1.82, 2.24) is 4.90 Å². The molecular formula is C21H23N3O3. The van der Waals surface area contributed by atoms with Crippen LogP contribution in [0, 0.1) is 0 Å². The summed E-state index contributed by atoms with van der Waals surface area (Å²) in [6, 6.07) is 13.2. The molecule has 0 saturated carbocycles. The van der Waals surface area contributed by atoms with Gasteiger partial charge in [-0.2, -0.15) is 0 Å². The Balaban J connectivity index is 1.93. The van der Waals surface area contributed by atoms with Gasteiger partial charge < -0.3 is 20.3 Å². The maximum absolute atomic E-state index is 13.3. The fourth-order valence-electron chi connectivity index (χ4n) is 3.85. The topological polar surface area (TPSA) is 70.7 Å². The lowest BCUT2D eigenvalue weighted by molar-refractivity contribution is -0.125. The molecule has 2 amide bonds. The number of methoxy groups -OCH3 is 1. The van der Waals surface area contributed by atoms with Crippen LogP contribution in [-0.2, 0) is 15.2 Å². The minimum Gasteiger partial charge on any atom is -0.383 e. The number of carbonyl (C=O) groups is 2. The zero-order valence-corrected chi connectivity index (χ0v) is 15.7. The molecule has 6 heteroatoms. The van der Waals surface area contributed by atoms with E-state index in [1.54, 1.807) is 18.1 Å². The fourth-order valence-corrected chi connectivity index (χ4v) is 3.85. The highest BCUT2D eigenvalue weighted by molar-refractivity contribution is 6.14. The van der Waals surface area contributed by atoms with Gasteiger partial charge in [-0.1, -0.05) is 32.0 Å². The van der Waals surface area contributed by atoms with Crippen molar-refractivity contribution in [3.05, 3.63) is 59.2 Å². The summed E-state index contributed by atoms with van der Waals surface area (Å²) in [7, 11) is 1.59. The Labute approximate surface area is 158 Å². The Morgan fingerprint density at radius 3 is 2.63 bits per heavy atom. The molecule has 0 bridgehead atoms. The predicted molar refractivity (Wildman–Crippen MR) is 104 cm³/mol. The van der Waals surface area contributed by atoms with Crippen LogP contribution in [0.5, 0.6) is 0 Å². The lowest BCUT2D eigenvalue weighted by atomic mass is 9.90. The highest BCUT2D eigenvalue weighted by Gasteiger charge is 2.56. The molecule has 0 radical (unpaired) electrons. The van der Waals surface area contributed by atoms with E-state index in [0.717, 1.165) is 16.8 Å². The average Bonchev–Trinajstić information content (AvgIpc) is 2.93. The van der Waals surface area contributed by atoms with Crippen molar-refractivity contribution in [2.75, 3.05) is 30.9 Å². The molecule has 0 aliphatic carbocycles. The van der Waals surface area contributed by atoms with Gasteiger partial charge in [-0.05, 0) is 35.7 Å². The van der Waals surface area contributed by atoms with Crippen molar-refractivity contribution in [2.45, 2.75) is 25.4 Å². The average molecular weight is 365 g/mol. The van der Waals surface area contributed by atoms with E-state index in [9.17, 15) is 9.59 Å². The normalized spacial score (nSPS) is 20.5. The van der Waals surface area contributed by atoms with Crippen LogP contribution in [0.3, 0.4) is 0 Å². The molecule has 2 aliphatic heterocycles.